The number of amides is 1. The molecular weight excluding hydrogens is 455 g/mol. The molecule has 33 heavy (non-hydrogen) atoms. The van der Waals surface area contributed by atoms with Crippen LogP contribution in [0.4, 0.5) is 13.2 Å². The summed E-state index contributed by atoms with van der Waals surface area (Å²) in [7, 11) is 1.84. The number of carbonyl (C=O) groups excluding carboxylic acids is 1. The maximum atomic E-state index is 12.3. The number of nitrogens with one attached hydrogen (secondary N) is 1. The molecule has 182 valence electrons. The van der Waals surface area contributed by atoms with Crippen LogP contribution >= 0.6 is 11.3 Å². The molecule has 1 N–H and O–H groups in total. The highest BCUT2D eigenvalue weighted by Gasteiger charge is 2.30. The predicted molar refractivity (Wildman–Crippen MR) is 117 cm³/mol. The van der Waals surface area contributed by atoms with Crippen LogP contribution in [0.3, 0.4) is 0 Å². The third kappa shape index (κ3) is 7.25. The van der Waals surface area contributed by atoms with Crippen molar-refractivity contribution in [2.75, 3.05) is 13.1 Å². The minimum atomic E-state index is -4.63. The largest absolute Gasteiger partial charge is 0.522 e. The van der Waals surface area contributed by atoms with Gasteiger partial charge in [-0.15, -0.1) is 24.5 Å². The van der Waals surface area contributed by atoms with Crippen molar-refractivity contribution in [3.05, 3.63) is 33.5 Å². The third-order valence-corrected chi connectivity index (χ3v) is 7.53. The highest BCUT2D eigenvalue weighted by atomic mass is 32.1. The van der Waals surface area contributed by atoms with E-state index in [-0.39, 0.29) is 11.9 Å². The molecule has 1 aliphatic heterocycles. The van der Waals surface area contributed by atoms with Crippen LogP contribution in [-0.4, -0.2) is 51.1 Å². The Morgan fingerprint density at radius 1 is 1.30 bits per heavy atom. The fourth-order valence-electron chi connectivity index (χ4n) is 4.69. The molecule has 0 aromatic carbocycles. The quantitative estimate of drug-likeness (QED) is 0.619. The van der Waals surface area contributed by atoms with Crippen molar-refractivity contribution in [2.24, 2.45) is 13.0 Å². The molecule has 1 amide bonds. The molecule has 4 rings (SSSR count). The van der Waals surface area contributed by atoms with Gasteiger partial charge in [0, 0.05) is 37.3 Å². The molecule has 1 fully saturated rings. The average molecular weight is 486 g/mol. The lowest BCUT2D eigenvalue weighted by Gasteiger charge is -2.32. The fourth-order valence-corrected chi connectivity index (χ4v) is 5.67. The second kappa shape index (κ2) is 10.5. The molecule has 1 saturated carbocycles. The summed E-state index contributed by atoms with van der Waals surface area (Å²) in [5.74, 6) is 0.697. The van der Waals surface area contributed by atoms with Gasteiger partial charge in [-0.25, -0.2) is 4.98 Å². The van der Waals surface area contributed by atoms with E-state index in [0.717, 1.165) is 67.7 Å². The number of carbonyl (C=O) groups is 1. The van der Waals surface area contributed by atoms with Crippen molar-refractivity contribution in [3.63, 3.8) is 0 Å². The van der Waals surface area contributed by atoms with Gasteiger partial charge >= 0.3 is 6.36 Å². The van der Waals surface area contributed by atoms with E-state index in [4.69, 9.17) is 0 Å². The highest BCUT2D eigenvalue weighted by molar-refractivity contribution is 7.11. The normalized spacial score (nSPS) is 21.7. The molecule has 0 unspecified atom stereocenters. The van der Waals surface area contributed by atoms with Gasteiger partial charge in [0.15, 0.2) is 0 Å². The monoisotopic (exact) mass is 485 g/mol. The molecule has 0 radical (unpaired) electrons. The number of hydrogen-bond acceptors (Lipinski definition) is 6. The van der Waals surface area contributed by atoms with Crippen LogP contribution in [-0.2, 0) is 42.6 Å². The Bertz CT molecular complexity index is 937. The number of rotatable bonds is 8. The fraction of sp³-hybridized carbons (Fsp3) is 0.682. The molecule has 2 aromatic rings. The molecule has 1 aliphatic carbocycles. The van der Waals surface area contributed by atoms with E-state index in [1.54, 1.807) is 10.9 Å². The number of halogens is 3. The van der Waals surface area contributed by atoms with E-state index >= 15 is 0 Å². The van der Waals surface area contributed by atoms with Gasteiger partial charge in [-0.1, -0.05) is 0 Å². The van der Waals surface area contributed by atoms with E-state index < -0.39 is 13.0 Å². The van der Waals surface area contributed by atoms with Gasteiger partial charge in [0.1, 0.15) is 11.6 Å². The summed E-state index contributed by atoms with van der Waals surface area (Å²) in [6.45, 7) is 2.06. The van der Waals surface area contributed by atoms with Crippen LogP contribution in [0.15, 0.2) is 12.4 Å². The van der Waals surface area contributed by atoms with Crippen LogP contribution in [0, 0.1) is 5.92 Å². The second-order valence-corrected chi connectivity index (χ2v) is 10.2. The van der Waals surface area contributed by atoms with Crippen molar-refractivity contribution in [1.82, 2.24) is 25.0 Å². The van der Waals surface area contributed by atoms with Crippen molar-refractivity contribution in [3.8, 4) is 0 Å². The average Bonchev–Trinajstić information content (AvgIpc) is 3.36. The van der Waals surface area contributed by atoms with Crippen molar-refractivity contribution in [2.45, 2.75) is 70.5 Å². The first kappa shape index (κ1) is 24.2. The van der Waals surface area contributed by atoms with E-state index in [1.807, 2.05) is 13.2 Å². The van der Waals surface area contributed by atoms with E-state index in [9.17, 15) is 18.0 Å². The summed E-state index contributed by atoms with van der Waals surface area (Å²) in [4.78, 5) is 20.1. The summed E-state index contributed by atoms with van der Waals surface area (Å²) in [6.07, 6.45) is 5.47. The highest BCUT2D eigenvalue weighted by Crippen LogP contribution is 2.30. The molecule has 11 heteroatoms. The second-order valence-electron chi connectivity index (χ2n) is 9.01. The minimum absolute atomic E-state index is 0.0545. The number of ether oxygens (including phenoxy) is 1. The molecule has 0 bridgehead atoms. The van der Waals surface area contributed by atoms with Gasteiger partial charge in [0.25, 0.3) is 0 Å². The summed E-state index contributed by atoms with van der Waals surface area (Å²) >= 11 is 1.33. The molecule has 2 aliphatic rings. The Morgan fingerprint density at radius 2 is 2.09 bits per heavy atom. The van der Waals surface area contributed by atoms with Gasteiger partial charge < -0.3 is 5.32 Å². The van der Waals surface area contributed by atoms with Gasteiger partial charge in [0.05, 0.1) is 18.3 Å². The number of thiazole rings is 1. The maximum absolute atomic E-state index is 12.3. The Labute approximate surface area is 195 Å². The number of fused-ring (bicyclic) bond motifs is 1. The molecular formula is C22H30F3N5O2S. The zero-order chi connectivity index (χ0) is 23.4. The first-order chi connectivity index (χ1) is 15.7. The first-order valence-corrected chi connectivity index (χ1v) is 12.2. The van der Waals surface area contributed by atoms with E-state index in [1.165, 1.54) is 11.3 Å². The molecule has 3 heterocycles. The number of hydrogen-bond donors (Lipinski definition) is 1. The van der Waals surface area contributed by atoms with Gasteiger partial charge in [-0.05, 0) is 56.6 Å². The third-order valence-electron chi connectivity index (χ3n) is 6.40. The van der Waals surface area contributed by atoms with E-state index in [2.05, 4.69) is 25.0 Å². The number of aryl methyl sites for hydroxylation is 1. The zero-order valence-electron chi connectivity index (χ0n) is 18.7. The molecule has 0 saturated heterocycles. The van der Waals surface area contributed by atoms with Crippen LogP contribution < -0.4 is 5.32 Å². The predicted octanol–water partition coefficient (Wildman–Crippen LogP) is 3.58. The zero-order valence-corrected chi connectivity index (χ0v) is 19.6. The van der Waals surface area contributed by atoms with Crippen LogP contribution in [0.25, 0.3) is 0 Å². The SMILES string of the molecule is Cn1cc(CC(=O)N[C@H]2CC[C@H](CCN3CCc4sc(COC(F)(F)F)nc4C3)CC2)cn1. The van der Waals surface area contributed by atoms with Crippen molar-refractivity contribution < 1.29 is 22.7 Å². The molecule has 0 atom stereocenters. The number of nitrogens with zero attached hydrogens (tertiary/aromatic N) is 4. The smallest absolute Gasteiger partial charge is 0.353 e. The Morgan fingerprint density at radius 3 is 2.79 bits per heavy atom. The number of aromatic nitrogens is 3. The first-order valence-electron chi connectivity index (χ1n) is 11.4. The minimum Gasteiger partial charge on any atom is -0.353 e. The maximum Gasteiger partial charge on any atom is 0.522 e. The van der Waals surface area contributed by atoms with Gasteiger partial charge in [-0.2, -0.15) is 5.10 Å². The van der Waals surface area contributed by atoms with E-state index in [0.29, 0.717) is 23.9 Å². The summed E-state index contributed by atoms with van der Waals surface area (Å²) in [5, 5.41) is 7.65. The lowest BCUT2D eigenvalue weighted by atomic mass is 9.84. The standard InChI is InChI=1S/C22H30F3N5O2S/c1-29-12-16(11-26-29)10-20(31)27-17-4-2-15(3-5-17)6-8-30-9-7-19-18(13-30)28-21(33-19)14-32-22(23,24)25/h11-12,15,17H,2-10,13-14H2,1H3,(H,27,31)/t15-,17-. The number of alkyl halides is 3. The Hall–Kier alpha value is -1.98. The van der Waals surface area contributed by atoms with Crippen LogP contribution in [0.5, 0.6) is 0 Å². The summed E-state index contributed by atoms with van der Waals surface area (Å²) in [6, 6.07) is 0.246. The lowest BCUT2D eigenvalue weighted by Crippen LogP contribution is -2.39. The molecule has 2 aromatic heterocycles. The Kier molecular flexibility index (Phi) is 7.70. The Balaban J connectivity index is 1.15. The topological polar surface area (TPSA) is 72.3 Å². The molecule has 0 spiro atoms. The lowest BCUT2D eigenvalue weighted by molar-refractivity contribution is -0.330. The van der Waals surface area contributed by atoms with Gasteiger partial charge in [0.2, 0.25) is 5.91 Å². The summed E-state index contributed by atoms with van der Waals surface area (Å²) < 4.78 is 42.4. The van der Waals surface area contributed by atoms with Crippen molar-refractivity contribution in [1.29, 1.82) is 0 Å². The van der Waals surface area contributed by atoms with Crippen LogP contribution in [0.1, 0.15) is 53.2 Å². The van der Waals surface area contributed by atoms with Crippen molar-refractivity contribution >= 4 is 17.2 Å². The van der Waals surface area contributed by atoms with Crippen LogP contribution in [0.2, 0.25) is 0 Å². The summed E-state index contributed by atoms with van der Waals surface area (Å²) in [5.41, 5.74) is 1.82. The van der Waals surface area contributed by atoms with Gasteiger partial charge in [-0.3, -0.25) is 19.1 Å². The molecule has 7 nitrogen and oxygen atoms in total.